The Bertz CT molecular complexity index is 637. The summed E-state index contributed by atoms with van der Waals surface area (Å²) in [7, 11) is 0. The lowest BCUT2D eigenvalue weighted by Gasteiger charge is -2.47. The zero-order chi connectivity index (χ0) is 25.7. The van der Waals surface area contributed by atoms with Crippen molar-refractivity contribution in [1.29, 1.82) is 0 Å². The number of ether oxygens (including phenoxy) is 4. The van der Waals surface area contributed by atoms with Crippen molar-refractivity contribution in [2.45, 2.75) is 105 Å². The molecule has 3 fully saturated rings. The quantitative estimate of drug-likeness (QED) is 0.124. The van der Waals surface area contributed by atoms with Crippen molar-refractivity contribution in [3.05, 3.63) is 0 Å². The summed E-state index contributed by atoms with van der Waals surface area (Å²) >= 11 is 0. The van der Waals surface area contributed by atoms with E-state index in [0.29, 0.717) is 19.6 Å². The van der Waals surface area contributed by atoms with Crippen LogP contribution in [0.25, 0.3) is 0 Å². The topological polar surface area (TPSA) is 260 Å². The van der Waals surface area contributed by atoms with Crippen LogP contribution in [-0.4, -0.2) is 126 Å². The first-order chi connectivity index (χ1) is 16.7. The number of hydrogen-bond donors (Lipinski definition) is 10. The normalized spacial score (nSPS) is 47.1. The van der Waals surface area contributed by atoms with Gasteiger partial charge in [-0.3, -0.25) is 0 Å². The van der Waals surface area contributed by atoms with E-state index >= 15 is 0 Å². The highest BCUT2D eigenvalue weighted by Crippen LogP contribution is 2.31. The average molecular weight is 509 g/mol. The second-order valence-electron chi connectivity index (χ2n) is 9.68. The molecule has 35 heavy (non-hydrogen) atoms. The van der Waals surface area contributed by atoms with Gasteiger partial charge in [-0.15, -0.1) is 0 Å². The summed E-state index contributed by atoms with van der Waals surface area (Å²) in [6, 6.07) is -2.58. The summed E-state index contributed by atoms with van der Waals surface area (Å²) in [5, 5.41) is 44.6. The minimum absolute atomic E-state index is 0.146. The second kappa shape index (κ2) is 13.3. The maximum absolute atomic E-state index is 11.2. The van der Waals surface area contributed by atoms with Crippen molar-refractivity contribution in [2.24, 2.45) is 28.7 Å². The van der Waals surface area contributed by atoms with Gasteiger partial charge in [0.25, 0.3) is 0 Å². The largest absolute Gasteiger partial charge is 0.394 e. The van der Waals surface area contributed by atoms with Gasteiger partial charge in [0.1, 0.15) is 36.6 Å². The van der Waals surface area contributed by atoms with E-state index in [1.165, 1.54) is 0 Å². The SMILES string of the molecule is NCCCN[C@@H]1CC[C@@H](CN)O[C@@H]1OC1[C@@H](N)C[C@@H](N)[C@H](O[C@H]2O[C@H](CO)[C@@H](O)[C@H](N)[C@H]2O)[C@H]1O. The lowest BCUT2D eigenvalue weighted by atomic mass is 9.84. The third-order valence-corrected chi connectivity index (χ3v) is 7.09. The molecule has 2 aliphatic heterocycles. The van der Waals surface area contributed by atoms with Gasteiger partial charge in [-0.05, 0) is 38.8 Å². The molecule has 0 amide bonds. The summed E-state index contributed by atoms with van der Waals surface area (Å²) in [5.74, 6) is 0. The Labute approximate surface area is 205 Å². The van der Waals surface area contributed by atoms with Crippen LogP contribution in [0.15, 0.2) is 0 Å². The first kappa shape index (κ1) is 29.0. The number of rotatable bonds is 10. The van der Waals surface area contributed by atoms with Crippen molar-refractivity contribution in [3.63, 3.8) is 0 Å². The molecule has 14 heteroatoms. The second-order valence-corrected chi connectivity index (χ2v) is 9.68. The number of nitrogens with one attached hydrogen (secondary N) is 1. The summed E-state index contributed by atoms with van der Waals surface area (Å²) in [5.41, 5.74) is 29.8. The van der Waals surface area contributed by atoms with E-state index in [1.54, 1.807) is 0 Å². The van der Waals surface area contributed by atoms with Gasteiger partial charge in [0.05, 0.1) is 24.8 Å². The first-order valence-corrected chi connectivity index (χ1v) is 12.4. The Morgan fingerprint density at radius 1 is 0.857 bits per heavy atom. The molecule has 15 N–H and O–H groups in total. The molecular weight excluding hydrogens is 464 g/mol. The van der Waals surface area contributed by atoms with Gasteiger partial charge >= 0.3 is 0 Å². The molecule has 0 aromatic heterocycles. The molecule has 1 saturated carbocycles. The Morgan fingerprint density at radius 3 is 2.11 bits per heavy atom. The summed E-state index contributed by atoms with van der Waals surface area (Å²) < 4.78 is 23.6. The van der Waals surface area contributed by atoms with Gasteiger partial charge in [-0.1, -0.05) is 0 Å². The van der Waals surface area contributed by atoms with E-state index in [1.807, 2.05) is 0 Å². The molecule has 1 aliphatic carbocycles. The third kappa shape index (κ3) is 6.86. The van der Waals surface area contributed by atoms with Crippen LogP contribution in [0.3, 0.4) is 0 Å². The van der Waals surface area contributed by atoms with E-state index in [2.05, 4.69) is 5.32 Å². The van der Waals surface area contributed by atoms with Crippen molar-refractivity contribution >= 4 is 0 Å². The van der Waals surface area contributed by atoms with Crippen LogP contribution in [0, 0.1) is 0 Å². The summed E-state index contributed by atoms with van der Waals surface area (Å²) in [6.45, 7) is 1.04. The van der Waals surface area contributed by atoms with Crippen LogP contribution in [-0.2, 0) is 18.9 Å². The van der Waals surface area contributed by atoms with Gasteiger partial charge in [0.15, 0.2) is 12.6 Å². The van der Waals surface area contributed by atoms with E-state index < -0.39 is 73.9 Å². The lowest BCUT2D eigenvalue weighted by Crippen LogP contribution is -2.68. The Balaban J connectivity index is 1.70. The van der Waals surface area contributed by atoms with Gasteiger partial charge < -0.3 is 73.4 Å². The molecule has 2 saturated heterocycles. The molecule has 206 valence electrons. The minimum atomic E-state index is -1.41. The molecular formula is C21H44N6O8. The maximum atomic E-state index is 11.2. The number of aliphatic hydroxyl groups is 4. The highest BCUT2D eigenvalue weighted by molar-refractivity contribution is 5.01. The van der Waals surface area contributed by atoms with Gasteiger partial charge in [-0.25, -0.2) is 0 Å². The van der Waals surface area contributed by atoms with E-state index in [0.717, 1.165) is 19.3 Å². The highest BCUT2D eigenvalue weighted by Gasteiger charge is 2.50. The zero-order valence-corrected chi connectivity index (χ0v) is 20.0. The monoisotopic (exact) mass is 508 g/mol. The number of hydrogen-bond acceptors (Lipinski definition) is 14. The molecule has 0 aromatic rings. The Kier molecular flexibility index (Phi) is 11.0. The molecule has 0 radical (unpaired) electrons. The fourth-order valence-electron chi connectivity index (χ4n) is 4.92. The number of aliphatic hydroxyl groups excluding tert-OH is 4. The lowest BCUT2D eigenvalue weighted by molar-refractivity contribution is -0.313. The van der Waals surface area contributed by atoms with E-state index in [-0.39, 0.29) is 18.6 Å². The summed E-state index contributed by atoms with van der Waals surface area (Å²) in [4.78, 5) is 0. The zero-order valence-electron chi connectivity index (χ0n) is 20.0. The predicted molar refractivity (Wildman–Crippen MR) is 124 cm³/mol. The van der Waals surface area contributed by atoms with E-state index in [9.17, 15) is 20.4 Å². The van der Waals surface area contributed by atoms with E-state index in [4.69, 9.17) is 47.6 Å². The van der Waals surface area contributed by atoms with Gasteiger partial charge in [0, 0.05) is 18.6 Å². The maximum Gasteiger partial charge on any atom is 0.186 e. The standard InChI is InChI=1S/C21H44N6O8/c22-4-1-5-27-12-3-2-9(7-23)32-20(12)34-18-10(24)6-11(25)19(17(18)31)35-21-16(30)14(26)15(29)13(8-28)33-21/h9-21,27-31H,1-8,22-26H2/t9-,10-,11+,12+,13+,14-,15+,16+,17-,18?,19-,20+,21+/m0/s1. The number of nitrogens with two attached hydrogens (primary N) is 5. The molecule has 1 unspecified atom stereocenters. The molecule has 3 aliphatic rings. The predicted octanol–water partition coefficient (Wildman–Crippen LogP) is -5.29. The molecule has 13 atom stereocenters. The summed E-state index contributed by atoms with van der Waals surface area (Å²) in [6.07, 6.45) is -6.63. The fraction of sp³-hybridized carbons (Fsp3) is 1.00. The first-order valence-electron chi connectivity index (χ1n) is 12.4. The van der Waals surface area contributed by atoms with Crippen LogP contribution < -0.4 is 34.0 Å². The Morgan fingerprint density at radius 2 is 1.51 bits per heavy atom. The molecule has 3 rings (SSSR count). The van der Waals surface area contributed by atoms with Crippen LogP contribution >= 0.6 is 0 Å². The van der Waals surface area contributed by atoms with Crippen LogP contribution in [0.5, 0.6) is 0 Å². The minimum Gasteiger partial charge on any atom is -0.394 e. The third-order valence-electron chi connectivity index (χ3n) is 7.09. The molecule has 2 heterocycles. The van der Waals surface area contributed by atoms with Crippen molar-refractivity contribution < 1.29 is 39.4 Å². The highest BCUT2D eigenvalue weighted by atomic mass is 16.7. The smallest absolute Gasteiger partial charge is 0.186 e. The van der Waals surface area contributed by atoms with Crippen molar-refractivity contribution in [3.8, 4) is 0 Å². The Hall–Kier alpha value is -0.560. The van der Waals surface area contributed by atoms with Crippen LogP contribution in [0.4, 0.5) is 0 Å². The van der Waals surface area contributed by atoms with Crippen molar-refractivity contribution in [2.75, 3.05) is 26.2 Å². The van der Waals surface area contributed by atoms with Crippen molar-refractivity contribution in [1.82, 2.24) is 5.32 Å². The fourth-order valence-corrected chi connectivity index (χ4v) is 4.92. The van der Waals surface area contributed by atoms with Crippen LogP contribution in [0.1, 0.15) is 25.7 Å². The molecule has 0 spiro atoms. The molecule has 0 bridgehead atoms. The van der Waals surface area contributed by atoms with Crippen LogP contribution in [0.2, 0.25) is 0 Å². The van der Waals surface area contributed by atoms with Gasteiger partial charge in [-0.2, -0.15) is 0 Å². The molecule has 0 aromatic carbocycles. The molecule has 14 nitrogen and oxygen atoms in total. The van der Waals surface area contributed by atoms with Gasteiger partial charge in [0.2, 0.25) is 0 Å². The average Bonchev–Trinajstić information content (AvgIpc) is 2.84.